The van der Waals surface area contributed by atoms with E-state index in [9.17, 15) is 9.90 Å². The Morgan fingerprint density at radius 1 is 1.14 bits per heavy atom. The molecule has 0 bridgehead atoms. The normalized spacial score (nSPS) is 44.5. The summed E-state index contributed by atoms with van der Waals surface area (Å²) >= 11 is 0. The van der Waals surface area contributed by atoms with Crippen LogP contribution >= 0.6 is 0 Å². The Hall–Kier alpha value is -1.67. The molecule has 2 nitrogen and oxygen atoms in total. The van der Waals surface area contributed by atoms with Crippen LogP contribution in [0, 0.1) is 34.5 Å². The van der Waals surface area contributed by atoms with E-state index in [1.807, 2.05) is 6.08 Å². The summed E-state index contributed by atoms with van der Waals surface area (Å²) in [5, 5.41) is 11.4. The first-order valence-electron chi connectivity index (χ1n) is 11.1. The molecule has 148 valence electrons. The van der Waals surface area contributed by atoms with Gasteiger partial charge in [0.05, 0.1) is 6.10 Å². The molecule has 3 fully saturated rings. The highest BCUT2D eigenvalue weighted by molar-refractivity contribution is 6.01. The molecule has 2 heteroatoms. The summed E-state index contributed by atoms with van der Waals surface area (Å²) in [6.07, 6.45) is 12.3. The number of aliphatic hydroxyl groups excluding tert-OH is 1. The third-order valence-electron chi connectivity index (χ3n) is 8.94. The Morgan fingerprint density at radius 2 is 1.93 bits per heavy atom. The third kappa shape index (κ3) is 2.53. The first kappa shape index (κ1) is 18.4. The van der Waals surface area contributed by atoms with Crippen LogP contribution < -0.4 is 0 Å². The van der Waals surface area contributed by atoms with Crippen molar-refractivity contribution in [2.24, 2.45) is 34.5 Å². The second-order valence-electron chi connectivity index (χ2n) is 10.2. The Kier molecular flexibility index (Phi) is 4.21. The number of carbonyl (C=O) groups excluding carboxylic acids is 1. The van der Waals surface area contributed by atoms with Gasteiger partial charge in [0.25, 0.3) is 0 Å². The van der Waals surface area contributed by atoms with Gasteiger partial charge in [-0.15, -0.1) is 0 Å². The van der Waals surface area contributed by atoms with Crippen LogP contribution in [0.1, 0.15) is 51.5 Å². The topological polar surface area (TPSA) is 37.3 Å². The summed E-state index contributed by atoms with van der Waals surface area (Å²) in [7, 11) is 0. The predicted molar refractivity (Wildman–Crippen MR) is 112 cm³/mol. The fourth-order valence-electron chi connectivity index (χ4n) is 7.61. The number of hydrogen-bond donors (Lipinski definition) is 1. The molecule has 0 amide bonds. The van der Waals surface area contributed by atoms with Crippen molar-refractivity contribution in [3.8, 4) is 0 Å². The molecule has 0 aliphatic heterocycles. The lowest BCUT2D eigenvalue weighted by Gasteiger charge is -2.57. The molecule has 28 heavy (non-hydrogen) atoms. The van der Waals surface area contributed by atoms with E-state index in [4.69, 9.17) is 0 Å². The van der Waals surface area contributed by atoms with Crippen molar-refractivity contribution < 1.29 is 9.90 Å². The monoisotopic (exact) mass is 376 g/mol. The molecule has 0 saturated heterocycles. The van der Waals surface area contributed by atoms with Crippen LogP contribution in [-0.2, 0) is 11.2 Å². The number of aliphatic hydroxyl groups is 1. The summed E-state index contributed by atoms with van der Waals surface area (Å²) in [5.41, 5.74) is 2.77. The van der Waals surface area contributed by atoms with Gasteiger partial charge in [0, 0.05) is 10.8 Å². The van der Waals surface area contributed by atoms with Crippen LogP contribution in [-0.4, -0.2) is 17.0 Å². The lowest BCUT2D eigenvalue weighted by atomic mass is 9.47. The highest BCUT2D eigenvalue weighted by atomic mass is 16.3. The first-order valence-corrected chi connectivity index (χ1v) is 11.1. The second kappa shape index (κ2) is 6.42. The second-order valence-corrected chi connectivity index (χ2v) is 10.2. The Morgan fingerprint density at radius 3 is 2.71 bits per heavy atom. The number of carbonyl (C=O) groups is 1. The minimum atomic E-state index is -0.202. The van der Waals surface area contributed by atoms with Crippen LogP contribution in [0.25, 0.3) is 0 Å². The molecule has 5 rings (SSSR count). The van der Waals surface area contributed by atoms with Gasteiger partial charge in [-0.3, -0.25) is 4.79 Å². The van der Waals surface area contributed by atoms with Gasteiger partial charge in [0.15, 0.2) is 5.78 Å². The molecule has 1 aromatic carbocycles. The minimum absolute atomic E-state index is 0.0215. The summed E-state index contributed by atoms with van der Waals surface area (Å²) in [5.74, 6) is 2.37. The standard InChI is InChI=1S/C26H32O2/c1-17-14-23-21-9-8-19-15-20(27)10-12-25(19,2)22(21)11-13-26(23,24(17)28)16-18-6-4-3-5-7-18/h3-7,10,12,15,17,21-24,28H,8-9,11,13-14,16H2,1-2H3/t17-,21+,22-,23-,24+,25-,26+/m0/s1. The van der Waals surface area contributed by atoms with Crippen molar-refractivity contribution in [2.75, 3.05) is 0 Å². The van der Waals surface area contributed by atoms with Crippen LogP contribution in [0.5, 0.6) is 0 Å². The van der Waals surface area contributed by atoms with Crippen LogP contribution in [0.4, 0.5) is 0 Å². The molecule has 0 unspecified atom stereocenters. The van der Waals surface area contributed by atoms with E-state index in [2.05, 4.69) is 50.3 Å². The molecule has 0 aromatic heterocycles. The molecule has 0 radical (unpaired) electrons. The fourth-order valence-corrected chi connectivity index (χ4v) is 7.61. The quantitative estimate of drug-likeness (QED) is 0.777. The summed E-state index contributed by atoms with van der Waals surface area (Å²) < 4.78 is 0. The molecule has 4 aliphatic carbocycles. The fraction of sp³-hybridized carbons (Fsp3) is 0.577. The minimum Gasteiger partial charge on any atom is -0.392 e. The lowest BCUT2D eigenvalue weighted by Crippen LogP contribution is -2.52. The maximum absolute atomic E-state index is 11.9. The smallest absolute Gasteiger partial charge is 0.178 e. The van der Waals surface area contributed by atoms with Crippen molar-refractivity contribution in [3.05, 3.63) is 59.7 Å². The molecular weight excluding hydrogens is 344 g/mol. The van der Waals surface area contributed by atoms with E-state index in [1.54, 1.807) is 6.08 Å². The Bertz CT molecular complexity index is 837. The highest BCUT2D eigenvalue weighted by Gasteiger charge is 2.61. The zero-order valence-electron chi connectivity index (χ0n) is 17.1. The molecule has 0 heterocycles. The van der Waals surface area contributed by atoms with Crippen molar-refractivity contribution in [3.63, 3.8) is 0 Å². The predicted octanol–water partition coefficient (Wildman–Crippen LogP) is 5.12. The third-order valence-corrected chi connectivity index (χ3v) is 8.94. The number of allylic oxidation sites excluding steroid dienone is 4. The van der Waals surface area contributed by atoms with Crippen LogP contribution in [0.3, 0.4) is 0 Å². The van der Waals surface area contributed by atoms with Crippen LogP contribution in [0.15, 0.2) is 54.1 Å². The van der Waals surface area contributed by atoms with Gasteiger partial charge in [-0.05, 0) is 79.9 Å². The number of ketones is 1. The number of rotatable bonds is 2. The largest absolute Gasteiger partial charge is 0.392 e. The van der Waals surface area contributed by atoms with Crippen molar-refractivity contribution in [2.45, 2.75) is 58.5 Å². The molecule has 7 atom stereocenters. The molecule has 4 aliphatic rings. The van der Waals surface area contributed by atoms with Gasteiger partial charge >= 0.3 is 0 Å². The van der Waals surface area contributed by atoms with Crippen molar-refractivity contribution in [1.82, 2.24) is 0 Å². The summed E-state index contributed by atoms with van der Waals surface area (Å²) in [6.45, 7) is 4.61. The van der Waals surface area contributed by atoms with Crippen molar-refractivity contribution in [1.29, 1.82) is 0 Å². The average Bonchev–Trinajstić information content (AvgIpc) is 2.94. The molecule has 3 saturated carbocycles. The van der Waals surface area contributed by atoms with E-state index in [-0.39, 0.29) is 22.7 Å². The number of fused-ring (bicyclic) bond motifs is 5. The van der Waals surface area contributed by atoms with Gasteiger partial charge in [-0.1, -0.05) is 55.8 Å². The average molecular weight is 377 g/mol. The van der Waals surface area contributed by atoms with E-state index in [0.717, 1.165) is 32.1 Å². The molecule has 0 spiro atoms. The van der Waals surface area contributed by atoms with E-state index < -0.39 is 0 Å². The maximum atomic E-state index is 11.9. The molecule has 1 aromatic rings. The number of benzene rings is 1. The van der Waals surface area contributed by atoms with Gasteiger partial charge < -0.3 is 5.11 Å². The van der Waals surface area contributed by atoms with Crippen molar-refractivity contribution >= 4 is 5.78 Å². The zero-order valence-corrected chi connectivity index (χ0v) is 17.1. The SMILES string of the molecule is C[C@H]1C[C@H]2[C@@H]3CCC4=CC(=O)C=C[C@]4(C)[C@H]3CC[C@]2(Cc2ccccc2)[C@@H]1O. The summed E-state index contributed by atoms with van der Waals surface area (Å²) in [4.78, 5) is 11.9. The Balaban J connectivity index is 1.51. The van der Waals surface area contributed by atoms with Gasteiger partial charge in [-0.2, -0.15) is 0 Å². The lowest BCUT2D eigenvalue weighted by molar-refractivity contribution is -0.111. The molecular formula is C26H32O2. The van der Waals surface area contributed by atoms with Gasteiger partial charge in [-0.25, -0.2) is 0 Å². The van der Waals surface area contributed by atoms with Gasteiger partial charge in [0.1, 0.15) is 0 Å². The Labute approximate surface area is 168 Å². The maximum Gasteiger partial charge on any atom is 0.178 e. The van der Waals surface area contributed by atoms with E-state index in [1.165, 1.54) is 17.6 Å². The first-order chi connectivity index (χ1) is 13.4. The zero-order chi connectivity index (χ0) is 19.5. The summed E-state index contributed by atoms with van der Waals surface area (Å²) in [6, 6.07) is 10.8. The van der Waals surface area contributed by atoms with Gasteiger partial charge in [0.2, 0.25) is 0 Å². The van der Waals surface area contributed by atoms with E-state index >= 15 is 0 Å². The van der Waals surface area contributed by atoms with E-state index in [0.29, 0.717) is 23.7 Å². The van der Waals surface area contributed by atoms with Crippen LogP contribution in [0.2, 0.25) is 0 Å². The number of hydrogen-bond acceptors (Lipinski definition) is 2. The highest BCUT2D eigenvalue weighted by Crippen LogP contribution is 2.66. The molecule has 1 N–H and O–H groups in total.